The first kappa shape index (κ1) is 19.7. The van der Waals surface area contributed by atoms with Gasteiger partial charge in [-0.2, -0.15) is 0 Å². The maximum Gasteiger partial charge on any atom is 0.408 e. The number of halogens is 1. The van der Waals surface area contributed by atoms with Gasteiger partial charge in [-0.25, -0.2) is 17.6 Å². The fourth-order valence-corrected chi connectivity index (χ4v) is 2.84. The Labute approximate surface area is 152 Å². The molecule has 1 amide bonds. The SMILES string of the molecule is CC(C)(NC(=O)OCc1ccccc1)c1ccc(NS(C)(=O)=O)c(F)c1. The Hall–Kier alpha value is -2.61. The van der Waals surface area contributed by atoms with Gasteiger partial charge in [0.05, 0.1) is 17.5 Å². The van der Waals surface area contributed by atoms with Crippen LogP contribution in [0.15, 0.2) is 48.5 Å². The zero-order valence-electron chi connectivity index (χ0n) is 14.7. The molecule has 8 heteroatoms. The summed E-state index contributed by atoms with van der Waals surface area (Å²) in [5.74, 6) is -0.736. The smallest absolute Gasteiger partial charge is 0.408 e. The number of carbonyl (C=O) groups excluding carboxylic acids is 1. The van der Waals surface area contributed by atoms with Crippen LogP contribution in [0.3, 0.4) is 0 Å². The average molecular weight is 380 g/mol. The largest absolute Gasteiger partial charge is 0.445 e. The van der Waals surface area contributed by atoms with Gasteiger partial charge in [0.1, 0.15) is 12.4 Å². The zero-order valence-corrected chi connectivity index (χ0v) is 15.6. The maximum absolute atomic E-state index is 14.1. The highest BCUT2D eigenvalue weighted by atomic mass is 32.2. The molecule has 0 saturated carbocycles. The van der Waals surface area contributed by atoms with E-state index in [0.717, 1.165) is 11.8 Å². The van der Waals surface area contributed by atoms with E-state index in [9.17, 15) is 17.6 Å². The molecule has 0 aliphatic rings. The average Bonchev–Trinajstić information content (AvgIpc) is 2.54. The first-order valence-corrected chi connectivity index (χ1v) is 9.73. The normalized spacial score (nSPS) is 11.7. The van der Waals surface area contributed by atoms with Crippen molar-refractivity contribution in [3.8, 4) is 0 Å². The van der Waals surface area contributed by atoms with Crippen LogP contribution in [0, 0.1) is 5.82 Å². The minimum Gasteiger partial charge on any atom is -0.445 e. The van der Waals surface area contributed by atoms with Crippen molar-refractivity contribution in [3.63, 3.8) is 0 Å². The van der Waals surface area contributed by atoms with Crippen molar-refractivity contribution in [2.24, 2.45) is 0 Å². The predicted octanol–water partition coefficient (Wildman–Crippen LogP) is 3.36. The van der Waals surface area contributed by atoms with E-state index in [4.69, 9.17) is 4.74 Å². The van der Waals surface area contributed by atoms with Gasteiger partial charge in [-0.15, -0.1) is 0 Å². The van der Waals surface area contributed by atoms with Gasteiger partial charge in [-0.1, -0.05) is 36.4 Å². The maximum atomic E-state index is 14.1. The molecule has 140 valence electrons. The number of hydrogen-bond donors (Lipinski definition) is 2. The summed E-state index contributed by atoms with van der Waals surface area (Å²) in [5, 5.41) is 2.67. The molecule has 0 fully saturated rings. The molecular formula is C18H21FN2O4S. The van der Waals surface area contributed by atoms with Gasteiger partial charge in [0.2, 0.25) is 10.0 Å². The van der Waals surface area contributed by atoms with Gasteiger partial charge in [0.15, 0.2) is 0 Å². The van der Waals surface area contributed by atoms with Crippen molar-refractivity contribution in [1.29, 1.82) is 0 Å². The highest BCUT2D eigenvalue weighted by Crippen LogP contribution is 2.25. The Morgan fingerprint density at radius 2 is 1.81 bits per heavy atom. The summed E-state index contributed by atoms with van der Waals surface area (Å²) in [6.45, 7) is 3.50. The molecule has 0 bridgehead atoms. The number of alkyl carbamates (subject to hydrolysis) is 1. The van der Waals surface area contributed by atoms with Crippen LogP contribution in [0.1, 0.15) is 25.0 Å². The molecule has 2 rings (SSSR count). The number of carbonyl (C=O) groups is 1. The van der Waals surface area contributed by atoms with Gasteiger partial charge < -0.3 is 10.1 Å². The van der Waals surface area contributed by atoms with Crippen LogP contribution >= 0.6 is 0 Å². The zero-order chi connectivity index (χ0) is 19.4. The molecule has 0 radical (unpaired) electrons. The Bertz CT molecular complexity index is 883. The second kappa shape index (κ2) is 7.74. The van der Waals surface area contributed by atoms with Crippen LogP contribution in [0.25, 0.3) is 0 Å². The molecule has 26 heavy (non-hydrogen) atoms. The number of rotatable bonds is 6. The van der Waals surface area contributed by atoms with E-state index >= 15 is 0 Å². The first-order valence-electron chi connectivity index (χ1n) is 7.83. The van der Waals surface area contributed by atoms with Gasteiger partial charge >= 0.3 is 6.09 Å². The van der Waals surface area contributed by atoms with E-state index in [0.29, 0.717) is 5.56 Å². The highest BCUT2D eigenvalue weighted by molar-refractivity contribution is 7.92. The minimum atomic E-state index is -3.58. The van der Waals surface area contributed by atoms with Crippen molar-refractivity contribution in [3.05, 3.63) is 65.5 Å². The molecule has 2 N–H and O–H groups in total. The van der Waals surface area contributed by atoms with E-state index in [1.165, 1.54) is 18.2 Å². The number of nitrogens with one attached hydrogen (secondary N) is 2. The number of amides is 1. The predicted molar refractivity (Wildman–Crippen MR) is 97.7 cm³/mol. The number of benzene rings is 2. The van der Waals surface area contributed by atoms with Crippen LogP contribution in [-0.4, -0.2) is 20.8 Å². The quantitative estimate of drug-likeness (QED) is 0.805. The molecule has 0 spiro atoms. The van der Waals surface area contributed by atoms with Crippen molar-refractivity contribution >= 4 is 21.8 Å². The fraction of sp³-hybridized carbons (Fsp3) is 0.278. The van der Waals surface area contributed by atoms with Gasteiger partial charge in [0, 0.05) is 0 Å². The van der Waals surface area contributed by atoms with E-state index in [1.54, 1.807) is 13.8 Å². The van der Waals surface area contributed by atoms with Crippen LogP contribution in [0.2, 0.25) is 0 Å². The minimum absolute atomic E-state index is 0.119. The topological polar surface area (TPSA) is 84.5 Å². The third kappa shape index (κ3) is 5.73. The number of anilines is 1. The molecule has 0 aliphatic carbocycles. The number of ether oxygens (including phenoxy) is 1. The van der Waals surface area contributed by atoms with Gasteiger partial charge in [-0.3, -0.25) is 4.72 Å². The molecule has 2 aromatic rings. The van der Waals surface area contributed by atoms with Crippen molar-refractivity contribution in [1.82, 2.24) is 5.32 Å². The molecule has 2 aromatic carbocycles. The standard InChI is InChI=1S/C18H21FN2O4S/c1-18(2,20-17(22)25-12-13-7-5-4-6-8-13)14-9-10-16(15(19)11-14)21-26(3,23)24/h4-11,21H,12H2,1-3H3,(H,20,22). The summed E-state index contributed by atoms with van der Waals surface area (Å²) in [6, 6.07) is 13.2. The number of hydrogen-bond acceptors (Lipinski definition) is 4. The van der Waals surface area contributed by atoms with Crippen LogP contribution in [-0.2, 0) is 26.9 Å². The lowest BCUT2D eigenvalue weighted by Crippen LogP contribution is -2.41. The Morgan fingerprint density at radius 1 is 1.15 bits per heavy atom. The van der Waals surface area contributed by atoms with E-state index in [1.807, 2.05) is 30.3 Å². The summed E-state index contributed by atoms with van der Waals surface area (Å²) in [7, 11) is -3.58. The lowest BCUT2D eigenvalue weighted by atomic mass is 9.94. The van der Waals surface area contributed by atoms with E-state index in [2.05, 4.69) is 10.0 Å². The lowest BCUT2D eigenvalue weighted by Gasteiger charge is -2.27. The van der Waals surface area contributed by atoms with Crippen LogP contribution < -0.4 is 10.0 Å². The summed E-state index contributed by atoms with van der Waals surface area (Å²) in [5.41, 5.74) is 0.241. The molecule has 6 nitrogen and oxygen atoms in total. The monoisotopic (exact) mass is 380 g/mol. The summed E-state index contributed by atoms with van der Waals surface area (Å²) < 4.78 is 43.8. The molecule has 0 saturated heterocycles. The third-order valence-electron chi connectivity index (χ3n) is 3.61. The molecule has 0 unspecified atom stereocenters. The van der Waals surface area contributed by atoms with Crippen LogP contribution in [0.4, 0.5) is 14.9 Å². The van der Waals surface area contributed by atoms with Gasteiger partial charge in [0.25, 0.3) is 0 Å². The summed E-state index contributed by atoms with van der Waals surface area (Å²) >= 11 is 0. The van der Waals surface area contributed by atoms with Crippen molar-refractivity contribution in [2.45, 2.75) is 26.0 Å². The van der Waals surface area contributed by atoms with E-state index in [-0.39, 0.29) is 12.3 Å². The van der Waals surface area contributed by atoms with Crippen molar-refractivity contribution in [2.75, 3.05) is 11.0 Å². The molecule has 0 aromatic heterocycles. The molecule has 0 atom stereocenters. The third-order valence-corrected chi connectivity index (χ3v) is 4.20. The second-order valence-electron chi connectivity index (χ2n) is 6.38. The molecule has 0 aliphatic heterocycles. The lowest BCUT2D eigenvalue weighted by molar-refractivity contribution is 0.129. The van der Waals surface area contributed by atoms with Crippen molar-refractivity contribution < 1.29 is 22.3 Å². The first-order chi connectivity index (χ1) is 12.1. The Kier molecular flexibility index (Phi) is 5.86. The fourth-order valence-electron chi connectivity index (χ4n) is 2.27. The number of sulfonamides is 1. The highest BCUT2D eigenvalue weighted by Gasteiger charge is 2.25. The van der Waals surface area contributed by atoms with Gasteiger partial charge in [-0.05, 0) is 37.1 Å². The summed E-state index contributed by atoms with van der Waals surface area (Å²) in [4.78, 5) is 12.0. The van der Waals surface area contributed by atoms with Crippen LogP contribution in [0.5, 0.6) is 0 Å². The Balaban J connectivity index is 2.04. The Morgan fingerprint density at radius 3 is 2.38 bits per heavy atom. The molecular weight excluding hydrogens is 359 g/mol. The van der Waals surface area contributed by atoms with E-state index < -0.39 is 27.5 Å². The molecule has 0 heterocycles. The summed E-state index contributed by atoms with van der Waals surface area (Å²) in [6.07, 6.45) is 0.298. The second-order valence-corrected chi connectivity index (χ2v) is 8.13.